The van der Waals surface area contributed by atoms with Crippen molar-refractivity contribution in [2.45, 2.75) is 25.9 Å². The van der Waals surface area contributed by atoms with Gasteiger partial charge in [0, 0.05) is 18.2 Å². The second-order valence-corrected chi connectivity index (χ2v) is 4.99. The zero-order chi connectivity index (χ0) is 13.1. The number of nitrogens with two attached hydrogens (primary N) is 1. The van der Waals surface area contributed by atoms with Crippen LogP contribution in [0.4, 0.5) is 4.39 Å². The molecule has 0 atom stereocenters. The highest BCUT2D eigenvalue weighted by molar-refractivity contribution is 5.29. The van der Waals surface area contributed by atoms with Gasteiger partial charge in [-0.1, -0.05) is 0 Å². The second kappa shape index (κ2) is 5.47. The van der Waals surface area contributed by atoms with Gasteiger partial charge in [-0.05, 0) is 45.6 Å². The lowest BCUT2D eigenvalue weighted by Crippen LogP contribution is -2.43. The molecule has 1 rings (SSSR count). The van der Waals surface area contributed by atoms with Crippen LogP contribution in [0.1, 0.15) is 19.4 Å². The summed E-state index contributed by atoms with van der Waals surface area (Å²) in [6.07, 6.45) is 0. The van der Waals surface area contributed by atoms with E-state index < -0.39 is 0 Å². The van der Waals surface area contributed by atoms with E-state index in [9.17, 15) is 4.39 Å². The van der Waals surface area contributed by atoms with Crippen molar-refractivity contribution in [1.29, 1.82) is 0 Å². The first-order valence-electron chi connectivity index (χ1n) is 5.65. The van der Waals surface area contributed by atoms with Crippen LogP contribution in [0.15, 0.2) is 18.2 Å². The predicted octanol–water partition coefficient (Wildman–Crippen LogP) is 2.00. The summed E-state index contributed by atoms with van der Waals surface area (Å²) in [5.41, 5.74) is 6.12. The van der Waals surface area contributed by atoms with Crippen LogP contribution in [-0.2, 0) is 6.54 Å². The van der Waals surface area contributed by atoms with Gasteiger partial charge in [0.2, 0.25) is 0 Å². The summed E-state index contributed by atoms with van der Waals surface area (Å²) in [7, 11) is 3.97. The van der Waals surface area contributed by atoms with Crippen molar-refractivity contribution in [1.82, 2.24) is 4.90 Å². The number of hydrogen-bond acceptors (Lipinski definition) is 3. The van der Waals surface area contributed by atoms with E-state index in [0.29, 0.717) is 18.9 Å². The van der Waals surface area contributed by atoms with Crippen molar-refractivity contribution >= 4 is 0 Å². The Morgan fingerprint density at radius 1 is 1.29 bits per heavy atom. The van der Waals surface area contributed by atoms with Crippen LogP contribution >= 0.6 is 0 Å². The van der Waals surface area contributed by atoms with E-state index in [2.05, 4.69) is 18.7 Å². The van der Waals surface area contributed by atoms with Gasteiger partial charge in [0.1, 0.15) is 18.2 Å². The standard InChI is InChI=1S/C13H21FN2O/c1-13(2,16(3)4)9-17-12-6-10(8-15)5-11(14)7-12/h5-7H,8-9,15H2,1-4H3. The van der Waals surface area contributed by atoms with Crippen molar-refractivity contribution in [3.63, 3.8) is 0 Å². The van der Waals surface area contributed by atoms with Gasteiger partial charge in [0.25, 0.3) is 0 Å². The number of rotatable bonds is 5. The normalized spacial score (nSPS) is 11.9. The Kier molecular flexibility index (Phi) is 4.48. The molecular formula is C13H21FN2O. The Morgan fingerprint density at radius 2 is 1.94 bits per heavy atom. The first-order chi connectivity index (χ1) is 7.85. The summed E-state index contributed by atoms with van der Waals surface area (Å²) in [6.45, 7) is 4.94. The van der Waals surface area contributed by atoms with Crippen LogP contribution in [0.3, 0.4) is 0 Å². The summed E-state index contributed by atoms with van der Waals surface area (Å²) >= 11 is 0. The third kappa shape index (κ3) is 3.98. The van der Waals surface area contributed by atoms with E-state index in [1.165, 1.54) is 12.1 Å². The minimum absolute atomic E-state index is 0.102. The third-order valence-corrected chi connectivity index (χ3v) is 2.97. The molecule has 0 saturated heterocycles. The quantitative estimate of drug-likeness (QED) is 0.855. The molecule has 1 aromatic carbocycles. The molecule has 0 aromatic heterocycles. The molecule has 0 fully saturated rings. The maximum Gasteiger partial charge on any atom is 0.127 e. The lowest BCUT2D eigenvalue weighted by molar-refractivity contribution is 0.114. The molecule has 0 aliphatic carbocycles. The fourth-order valence-corrected chi connectivity index (χ4v) is 1.21. The highest BCUT2D eigenvalue weighted by Crippen LogP contribution is 2.19. The highest BCUT2D eigenvalue weighted by Gasteiger charge is 2.21. The lowest BCUT2D eigenvalue weighted by atomic mass is 10.1. The van der Waals surface area contributed by atoms with E-state index >= 15 is 0 Å². The zero-order valence-corrected chi connectivity index (χ0v) is 11.0. The van der Waals surface area contributed by atoms with Gasteiger partial charge in [-0.3, -0.25) is 0 Å². The van der Waals surface area contributed by atoms with Crippen LogP contribution in [0, 0.1) is 5.82 Å². The van der Waals surface area contributed by atoms with Gasteiger partial charge >= 0.3 is 0 Å². The molecule has 3 nitrogen and oxygen atoms in total. The smallest absolute Gasteiger partial charge is 0.127 e. The predicted molar refractivity (Wildman–Crippen MR) is 67.6 cm³/mol. The molecule has 0 spiro atoms. The molecule has 17 heavy (non-hydrogen) atoms. The SMILES string of the molecule is CN(C)C(C)(C)COc1cc(F)cc(CN)c1. The van der Waals surface area contributed by atoms with Crippen molar-refractivity contribution in [2.75, 3.05) is 20.7 Å². The van der Waals surface area contributed by atoms with Gasteiger partial charge in [0.15, 0.2) is 0 Å². The Hall–Kier alpha value is -1.13. The van der Waals surface area contributed by atoms with Crippen LogP contribution in [0.2, 0.25) is 0 Å². The molecule has 4 heteroatoms. The summed E-state index contributed by atoms with van der Waals surface area (Å²) in [4.78, 5) is 2.07. The molecule has 1 aromatic rings. The van der Waals surface area contributed by atoms with Crippen LogP contribution in [0.5, 0.6) is 5.75 Å². The van der Waals surface area contributed by atoms with Gasteiger partial charge < -0.3 is 15.4 Å². The van der Waals surface area contributed by atoms with E-state index in [1.54, 1.807) is 6.07 Å². The second-order valence-electron chi connectivity index (χ2n) is 4.99. The molecule has 0 heterocycles. The van der Waals surface area contributed by atoms with Crippen molar-refractivity contribution in [3.05, 3.63) is 29.6 Å². The maximum atomic E-state index is 13.2. The molecule has 0 radical (unpaired) electrons. The van der Waals surface area contributed by atoms with Gasteiger partial charge in [-0.15, -0.1) is 0 Å². The molecule has 0 aliphatic heterocycles. The first-order valence-corrected chi connectivity index (χ1v) is 5.65. The summed E-state index contributed by atoms with van der Waals surface area (Å²) in [5, 5.41) is 0. The molecule has 0 amide bonds. The number of hydrogen-bond donors (Lipinski definition) is 1. The fourth-order valence-electron chi connectivity index (χ4n) is 1.21. The molecule has 0 saturated carbocycles. The average molecular weight is 240 g/mol. The maximum absolute atomic E-state index is 13.2. The Bertz CT molecular complexity index is 378. The minimum Gasteiger partial charge on any atom is -0.492 e. The Balaban J connectivity index is 2.72. The molecular weight excluding hydrogens is 219 g/mol. The number of halogens is 1. The van der Waals surface area contributed by atoms with Crippen molar-refractivity contribution < 1.29 is 9.13 Å². The monoisotopic (exact) mass is 240 g/mol. The first kappa shape index (κ1) is 13.9. The fraction of sp³-hybridized carbons (Fsp3) is 0.538. The van der Waals surface area contributed by atoms with E-state index in [4.69, 9.17) is 10.5 Å². The van der Waals surface area contributed by atoms with Gasteiger partial charge in [-0.25, -0.2) is 4.39 Å². The summed E-state index contributed by atoms with van der Waals surface area (Å²) in [5.74, 6) is 0.214. The minimum atomic E-state index is -0.314. The third-order valence-electron chi connectivity index (χ3n) is 2.97. The largest absolute Gasteiger partial charge is 0.492 e. The topological polar surface area (TPSA) is 38.5 Å². The number of benzene rings is 1. The Morgan fingerprint density at radius 3 is 2.47 bits per heavy atom. The summed E-state index contributed by atoms with van der Waals surface area (Å²) in [6, 6.07) is 4.57. The van der Waals surface area contributed by atoms with Crippen LogP contribution in [0.25, 0.3) is 0 Å². The molecule has 0 unspecified atom stereocenters. The highest BCUT2D eigenvalue weighted by atomic mass is 19.1. The van der Waals surface area contributed by atoms with E-state index in [0.717, 1.165) is 5.56 Å². The molecule has 0 aliphatic rings. The van der Waals surface area contributed by atoms with Gasteiger partial charge in [0.05, 0.1) is 0 Å². The zero-order valence-electron chi connectivity index (χ0n) is 11.0. The molecule has 96 valence electrons. The van der Waals surface area contributed by atoms with Gasteiger partial charge in [-0.2, -0.15) is 0 Å². The van der Waals surface area contributed by atoms with E-state index in [1.807, 2.05) is 14.1 Å². The lowest BCUT2D eigenvalue weighted by Gasteiger charge is -2.32. The van der Waals surface area contributed by atoms with Crippen LogP contribution in [-0.4, -0.2) is 31.1 Å². The average Bonchev–Trinajstić information content (AvgIpc) is 2.25. The number of nitrogens with zero attached hydrogens (tertiary/aromatic N) is 1. The Labute approximate surface area is 102 Å². The molecule has 2 N–H and O–H groups in total. The molecule has 0 bridgehead atoms. The summed E-state index contributed by atoms with van der Waals surface area (Å²) < 4.78 is 18.9. The number of likely N-dealkylation sites (N-methyl/N-ethyl adjacent to an activating group) is 1. The number of ether oxygens (including phenoxy) is 1. The van der Waals surface area contributed by atoms with Crippen LogP contribution < -0.4 is 10.5 Å². The van der Waals surface area contributed by atoms with Crippen molar-refractivity contribution in [3.8, 4) is 5.75 Å². The van der Waals surface area contributed by atoms with Crippen molar-refractivity contribution in [2.24, 2.45) is 5.73 Å². The van der Waals surface area contributed by atoms with E-state index in [-0.39, 0.29) is 11.4 Å².